The average Bonchev–Trinajstić information content (AvgIpc) is 2.61. The van der Waals surface area contributed by atoms with Crippen LogP contribution in [0.5, 0.6) is 0 Å². The zero-order chi connectivity index (χ0) is 17.6. The van der Waals surface area contributed by atoms with E-state index in [1.807, 2.05) is 30.3 Å². The number of anilines is 2. The number of hydrogen-bond acceptors (Lipinski definition) is 4. The van der Waals surface area contributed by atoms with Gasteiger partial charge >= 0.3 is 0 Å². The average molecular weight is 332 g/mol. The number of carbonyl (C=O) groups excluding carboxylic acids is 1. The van der Waals surface area contributed by atoms with Crippen molar-refractivity contribution in [2.75, 3.05) is 10.6 Å². The van der Waals surface area contributed by atoms with Crippen LogP contribution in [-0.2, 0) is 6.54 Å². The monoisotopic (exact) mass is 332 g/mol. The van der Waals surface area contributed by atoms with Crippen molar-refractivity contribution >= 4 is 17.4 Å². The Labute approximate surface area is 147 Å². The third kappa shape index (κ3) is 4.64. The number of nitrogens with one attached hydrogen (secondary N) is 2. The molecule has 25 heavy (non-hydrogen) atoms. The molecule has 0 saturated carbocycles. The van der Waals surface area contributed by atoms with Gasteiger partial charge in [-0.15, -0.1) is 0 Å². The molecule has 0 spiro atoms. The molecular formula is C20H20N4O. The Morgan fingerprint density at radius 3 is 2.40 bits per heavy atom. The van der Waals surface area contributed by atoms with Gasteiger partial charge in [-0.1, -0.05) is 48.0 Å². The maximum atomic E-state index is 12.4. The predicted octanol–water partition coefficient (Wildman–Crippen LogP) is 3.96. The van der Waals surface area contributed by atoms with Gasteiger partial charge in [0.25, 0.3) is 5.91 Å². The van der Waals surface area contributed by atoms with Crippen LogP contribution in [0.15, 0.2) is 60.7 Å². The van der Waals surface area contributed by atoms with E-state index in [4.69, 9.17) is 0 Å². The molecule has 0 atom stereocenters. The van der Waals surface area contributed by atoms with Crippen molar-refractivity contribution in [2.45, 2.75) is 20.4 Å². The number of para-hydroxylation sites is 1. The number of aromatic nitrogens is 2. The molecule has 0 aliphatic carbocycles. The highest BCUT2D eigenvalue weighted by Gasteiger charge is 2.11. The molecule has 2 aromatic carbocycles. The van der Waals surface area contributed by atoms with E-state index in [0.717, 1.165) is 11.3 Å². The molecule has 0 unspecified atom stereocenters. The van der Waals surface area contributed by atoms with Crippen molar-refractivity contribution in [3.8, 4) is 0 Å². The molecule has 0 aliphatic heterocycles. The van der Waals surface area contributed by atoms with E-state index in [0.29, 0.717) is 23.9 Å². The van der Waals surface area contributed by atoms with Gasteiger partial charge in [-0.2, -0.15) is 0 Å². The zero-order valence-corrected chi connectivity index (χ0v) is 14.3. The molecular weight excluding hydrogens is 312 g/mol. The molecule has 0 saturated heterocycles. The first kappa shape index (κ1) is 16.6. The van der Waals surface area contributed by atoms with Gasteiger partial charge in [0, 0.05) is 18.3 Å². The number of carbonyl (C=O) groups is 1. The Balaban J connectivity index is 1.71. The Bertz CT molecular complexity index is 861. The fourth-order valence-corrected chi connectivity index (χ4v) is 2.39. The minimum atomic E-state index is -0.255. The van der Waals surface area contributed by atoms with Gasteiger partial charge in [-0.25, -0.2) is 9.97 Å². The Hall–Kier alpha value is -3.21. The van der Waals surface area contributed by atoms with Crippen LogP contribution in [0, 0.1) is 13.8 Å². The van der Waals surface area contributed by atoms with Crippen LogP contribution >= 0.6 is 0 Å². The van der Waals surface area contributed by atoms with E-state index in [1.165, 1.54) is 5.56 Å². The molecule has 3 rings (SSSR count). The highest BCUT2D eigenvalue weighted by molar-refractivity contribution is 6.03. The van der Waals surface area contributed by atoms with Crippen molar-refractivity contribution in [3.63, 3.8) is 0 Å². The summed E-state index contributed by atoms with van der Waals surface area (Å²) >= 11 is 0. The second-order valence-electron chi connectivity index (χ2n) is 5.84. The first-order valence-electron chi connectivity index (χ1n) is 8.12. The second kappa shape index (κ2) is 7.57. The van der Waals surface area contributed by atoms with Gasteiger partial charge in [0.2, 0.25) is 0 Å². The van der Waals surface area contributed by atoms with Crippen LogP contribution in [0.3, 0.4) is 0 Å². The summed E-state index contributed by atoms with van der Waals surface area (Å²) in [6.07, 6.45) is 0. The summed E-state index contributed by atoms with van der Waals surface area (Å²) in [5.41, 5.74) is 3.44. The van der Waals surface area contributed by atoms with E-state index in [1.54, 1.807) is 13.0 Å². The highest BCUT2D eigenvalue weighted by atomic mass is 16.1. The van der Waals surface area contributed by atoms with Crippen LogP contribution in [0.1, 0.15) is 27.4 Å². The maximum Gasteiger partial charge on any atom is 0.274 e. The number of amides is 1. The quantitative estimate of drug-likeness (QED) is 0.742. The minimum absolute atomic E-state index is 0.255. The Kier molecular flexibility index (Phi) is 5.04. The zero-order valence-electron chi connectivity index (χ0n) is 14.3. The number of nitrogens with zero attached hydrogens (tertiary/aromatic N) is 2. The summed E-state index contributed by atoms with van der Waals surface area (Å²) < 4.78 is 0. The smallest absolute Gasteiger partial charge is 0.274 e. The number of benzene rings is 2. The molecule has 5 nitrogen and oxygen atoms in total. The molecule has 0 radical (unpaired) electrons. The summed E-state index contributed by atoms with van der Waals surface area (Å²) in [6, 6.07) is 19.3. The lowest BCUT2D eigenvalue weighted by Crippen LogP contribution is -2.15. The fourth-order valence-electron chi connectivity index (χ4n) is 2.39. The standard InChI is InChI=1S/C20H20N4O/c1-14-8-10-16(11-9-14)13-21-19-12-18(22-15(2)23-19)20(25)24-17-6-4-3-5-7-17/h3-12H,13H2,1-2H3,(H,24,25)(H,21,22,23). The summed E-state index contributed by atoms with van der Waals surface area (Å²) in [5.74, 6) is 0.925. The lowest BCUT2D eigenvalue weighted by Gasteiger charge is -2.09. The number of aryl methyl sites for hydroxylation is 2. The Morgan fingerprint density at radius 1 is 0.960 bits per heavy atom. The van der Waals surface area contributed by atoms with Gasteiger partial charge in [-0.3, -0.25) is 4.79 Å². The summed E-state index contributed by atoms with van der Waals surface area (Å²) in [5, 5.41) is 6.08. The second-order valence-corrected chi connectivity index (χ2v) is 5.84. The van der Waals surface area contributed by atoms with Gasteiger partial charge in [0.1, 0.15) is 17.3 Å². The van der Waals surface area contributed by atoms with E-state index in [2.05, 4.69) is 51.8 Å². The summed E-state index contributed by atoms with van der Waals surface area (Å²) in [6.45, 7) is 4.47. The van der Waals surface area contributed by atoms with Crippen molar-refractivity contribution in [2.24, 2.45) is 0 Å². The molecule has 0 fully saturated rings. The van der Waals surface area contributed by atoms with Crippen LogP contribution in [0.4, 0.5) is 11.5 Å². The van der Waals surface area contributed by atoms with Gasteiger partial charge in [-0.05, 0) is 31.5 Å². The van der Waals surface area contributed by atoms with Crippen LogP contribution in [0.25, 0.3) is 0 Å². The molecule has 2 N–H and O–H groups in total. The lowest BCUT2D eigenvalue weighted by molar-refractivity contribution is 0.102. The predicted molar refractivity (Wildman–Crippen MR) is 99.7 cm³/mol. The fraction of sp³-hybridized carbons (Fsp3) is 0.150. The molecule has 0 aliphatic rings. The van der Waals surface area contributed by atoms with Crippen molar-refractivity contribution in [1.29, 1.82) is 0 Å². The molecule has 1 amide bonds. The summed E-state index contributed by atoms with van der Waals surface area (Å²) in [7, 11) is 0. The van der Waals surface area contributed by atoms with E-state index in [9.17, 15) is 4.79 Å². The number of rotatable bonds is 5. The van der Waals surface area contributed by atoms with Gasteiger partial charge in [0.15, 0.2) is 0 Å². The molecule has 1 aromatic heterocycles. The van der Waals surface area contributed by atoms with Crippen molar-refractivity contribution in [3.05, 3.63) is 83.3 Å². The topological polar surface area (TPSA) is 66.9 Å². The largest absolute Gasteiger partial charge is 0.366 e. The third-order valence-corrected chi connectivity index (χ3v) is 3.70. The van der Waals surface area contributed by atoms with Gasteiger partial charge < -0.3 is 10.6 Å². The normalized spacial score (nSPS) is 10.3. The molecule has 0 bridgehead atoms. The van der Waals surface area contributed by atoms with Crippen LogP contribution in [-0.4, -0.2) is 15.9 Å². The first-order chi connectivity index (χ1) is 12.1. The van der Waals surface area contributed by atoms with Gasteiger partial charge in [0.05, 0.1) is 0 Å². The first-order valence-corrected chi connectivity index (χ1v) is 8.12. The van der Waals surface area contributed by atoms with E-state index < -0.39 is 0 Å². The molecule has 1 heterocycles. The minimum Gasteiger partial charge on any atom is -0.366 e. The molecule has 5 heteroatoms. The highest BCUT2D eigenvalue weighted by Crippen LogP contribution is 2.12. The van der Waals surface area contributed by atoms with E-state index >= 15 is 0 Å². The summed E-state index contributed by atoms with van der Waals surface area (Å²) in [4.78, 5) is 21.0. The Morgan fingerprint density at radius 2 is 1.68 bits per heavy atom. The van der Waals surface area contributed by atoms with Crippen molar-refractivity contribution in [1.82, 2.24) is 9.97 Å². The van der Waals surface area contributed by atoms with Crippen LogP contribution < -0.4 is 10.6 Å². The van der Waals surface area contributed by atoms with E-state index in [-0.39, 0.29) is 5.91 Å². The third-order valence-electron chi connectivity index (χ3n) is 3.70. The SMILES string of the molecule is Cc1ccc(CNc2cc(C(=O)Nc3ccccc3)nc(C)n2)cc1. The number of hydrogen-bond donors (Lipinski definition) is 2. The molecule has 3 aromatic rings. The van der Waals surface area contributed by atoms with Crippen LogP contribution in [0.2, 0.25) is 0 Å². The van der Waals surface area contributed by atoms with Crippen molar-refractivity contribution < 1.29 is 4.79 Å². The molecule has 126 valence electrons. The maximum absolute atomic E-state index is 12.4. The lowest BCUT2D eigenvalue weighted by atomic mass is 10.1.